The fraction of sp³-hybridized carbons (Fsp3) is 0.182. The highest BCUT2D eigenvalue weighted by Crippen LogP contribution is 2.26. The number of benzene rings is 1. The first-order chi connectivity index (χ1) is 9.08. The lowest BCUT2D eigenvalue weighted by Crippen LogP contribution is -2.17. The van der Waals surface area contributed by atoms with Crippen LogP contribution < -0.4 is 16.2 Å². The second-order valence-corrected chi connectivity index (χ2v) is 4.88. The van der Waals surface area contributed by atoms with E-state index in [1.54, 1.807) is 17.0 Å². The molecule has 6 nitrogen and oxygen atoms in total. The minimum Gasteiger partial charge on any atom is -0.347 e. The van der Waals surface area contributed by atoms with E-state index in [1.807, 2.05) is 14.1 Å². The van der Waals surface area contributed by atoms with E-state index in [4.69, 9.17) is 5.84 Å². The molecule has 8 heteroatoms. The molecule has 0 saturated carbocycles. The minimum atomic E-state index is -0.279. The molecule has 0 unspecified atom stereocenters. The SMILES string of the molecule is CN(C)c1nc(NN)nc(Sc2ccc(F)cc2)n1. The molecule has 1 aromatic carbocycles. The maximum atomic E-state index is 12.8. The molecule has 2 rings (SSSR count). The standard InChI is InChI=1S/C11H13FN6S/c1-18(2)10-14-9(17-13)15-11(16-10)19-8-5-3-7(12)4-6-8/h3-6H,13H2,1-2H3,(H,14,15,16,17). The molecule has 0 saturated heterocycles. The molecular formula is C11H13FN6S. The molecular weight excluding hydrogens is 267 g/mol. The lowest BCUT2D eigenvalue weighted by Gasteiger charge is -2.12. The molecule has 1 aromatic heterocycles. The summed E-state index contributed by atoms with van der Waals surface area (Å²) in [5.74, 6) is 5.82. The van der Waals surface area contributed by atoms with Crippen molar-refractivity contribution in [3.05, 3.63) is 30.1 Å². The number of nitrogen functional groups attached to an aromatic ring is 1. The molecule has 0 aliphatic heterocycles. The fourth-order valence-corrected chi connectivity index (χ4v) is 2.01. The van der Waals surface area contributed by atoms with E-state index in [0.29, 0.717) is 11.1 Å². The van der Waals surface area contributed by atoms with Crippen LogP contribution in [0.4, 0.5) is 16.3 Å². The van der Waals surface area contributed by atoms with E-state index in [2.05, 4.69) is 20.4 Å². The summed E-state index contributed by atoms with van der Waals surface area (Å²) in [5, 5.41) is 0.484. The summed E-state index contributed by atoms with van der Waals surface area (Å²) in [6.45, 7) is 0. The molecule has 100 valence electrons. The van der Waals surface area contributed by atoms with Crippen molar-refractivity contribution in [3.8, 4) is 0 Å². The van der Waals surface area contributed by atoms with Gasteiger partial charge in [-0.1, -0.05) is 0 Å². The number of nitrogens with two attached hydrogens (primary N) is 1. The second-order valence-electron chi connectivity index (χ2n) is 3.84. The van der Waals surface area contributed by atoms with Gasteiger partial charge >= 0.3 is 0 Å². The zero-order valence-electron chi connectivity index (χ0n) is 10.5. The molecule has 0 aliphatic rings. The Morgan fingerprint density at radius 3 is 2.42 bits per heavy atom. The first-order valence-corrected chi connectivity index (χ1v) is 6.23. The predicted molar refractivity (Wildman–Crippen MR) is 72.5 cm³/mol. The van der Waals surface area contributed by atoms with Crippen LogP contribution in [0.25, 0.3) is 0 Å². The molecule has 0 bridgehead atoms. The Morgan fingerprint density at radius 1 is 1.16 bits per heavy atom. The van der Waals surface area contributed by atoms with Crippen molar-refractivity contribution in [1.29, 1.82) is 0 Å². The Morgan fingerprint density at radius 2 is 1.84 bits per heavy atom. The van der Waals surface area contributed by atoms with Gasteiger partial charge in [0.15, 0.2) is 5.16 Å². The van der Waals surface area contributed by atoms with E-state index in [9.17, 15) is 4.39 Å². The van der Waals surface area contributed by atoms with Crippen LogP contribution in [0.1, 0.15) is 0 Å². The summed E-state index contributed by atoms with van der Waals surface area (Å²) >= 11 is 1.31. The zero-order chi connectivity index (χ0) is 13.8. The maximum Gasteiger partial charge on any atom is 0.242 e. The van der Waals surface area contributed by atoms with Crippen LogP contribution in [0.15, 0.2) is 34.3 Å². The summed E-state index contributed by atoms with van der Waals surface area (Å²) in [7, 11) is 3.64. The Bertz CT molecular complexity index is 560. The van der Waals surface area contributed by atoms with Crippen molar-refractivity contribution in [2.24, 2.45) is 5.84 Å². The van der Waals surface area contributed by atoms with Crippen LogP contribution in [0.5, 0.6) is 0 Å². The van der Waals surface area contributed by atoms with Crippen molar-refractivity contribution in [2.75, 3.05) is 24.4 Å². The van der Waals surface area contributed by atoms with Gasteiger partial charge in [-0.25, -0.2) is 10.2 Å². The smallest absolute Gasteiger partial charge is 0.242 e. The van der Waals surface area contributed by atoms with Gasteiger partial charge < -0.3 is 4.90 Å². The Balaban J connectivity index is 2.28. The number of hydrazine groups is 1. The highest BCUT2D eigenvalue weighted by Gasteiger charge is 2.09. The fourth-order valence-electron chi connectivity index (χ4n) is 1.26. The van der Waals surface area contributed by atoms with E-state index < -0.39 is 0 Å². The number of hydrogen-bond donors (Lipinski definition) is 2. The van der Waals surface area contributed by atoms with Gasteiger partial charge in [0.05, 0.1) is 0 Å². The molecule has 1 heterocycles. The Hall–Kier alpha value is -1.93. The molecule has 0 aliphatic carbocycles. The summed E-state index contributed by atoms with van der Waals surface area (Å²) in [6.07, 6.45) is 0. The van der Waals surface area contributed by atoms with Gasteiger partial charge in [-0.3, -0.25) is 5.43 Å². The third kappa shape index (κ3) is 3.52. The summed E-state index contributed by atoms with van der Waals surface area (Å²) in [6, 6.07) is 6.10. The molecule has 0 fully saturated rings. The first kappa shape index (κ1) is 13.5. The zero-order valence-corrected chi connectivity index (χ0v) is 11.3. The number of rotatable bonds is 4. The van der Waals surface area contributed by atoms with Gasteiger partial charge in [-0.05, 0) is 36.0 Å². The van der Waals surface area contributed by atoms with Crippen LogP contribution in [0, 0.1) is 5.82 Å². The number of aromatic nitrogens is 3. The van der Waals surface area contributed by atoms with Crippen molar-refractivity contribution in [2.45, 2.75) is 10.1 Å². The molecule has 0 spiro atoms. The van der Waals surface area contributed by atoms with Crippen LogP contribution in [-0.2, 0) is 0 Å². The third-order valence-corrected chi connectivity index (χ3v) is 3.03. The maximum absolute atomic E-state index is 12.8. The van der Waals surface area contributed by atoms with Gasteiger partial charge in [0.1, 0.15) is 5.82 Å². The van der Waals surface area contributed by atoms with Crippen LogP contribution >= 0.6 is 11.8 Å². The van der Waals surface area contributed by atoms with E-state index in [0.717, 1.165) is 4.90 Å². The van der Waals surface area contributed by atoms with E-state index in [-0.39, 0.29) is 11.8 Å². The molecule has 3 N–H and O–H groups in total. The molecule has 2 aromatic rings. The predicted octanol–water partition coefficient (Wildman–Crippen LogP) is 1.51. The second kappa shape index (κ2) is 5.81. The van der Waals surface area contributed by atoms with Crippen molar-refractivity contribution < 1.29 is 4.39 Å². The van der Waals surface area contributed by atoms with Crippen LogP contribution in [-0.4, -0.2) is 29.0 Å². The number of anilines is 2. The van der Waals surface area contributed by atoms with Crippen molar-refractivity contribution in [3.63, 3.8) is 0 Å². The number of halogens is 1. The highest BCUT2D eigenvalue weighted by molar-refractivity contribution is 7.99. The van der Waals surface area contributed by atoms with Gasteiger partial charge in [-0.15, -0.1) is 0 Å². The minimum absolute atomic E-state index is 0.279. The monoisotopic (exact) mass is 280 g/mol. The lowest BCUT2D eigenvalue weighted by atomic mass is 10.4. The van der Waals surface area contributed by atoms with Gasteiger partial charge in [0.25, 0.3) is 0 Å². The van der Waals surface area contributed by atoms with E-state index in [1.165, 1.54) is 23.9 Å². The third-order valence-electron chi connectivity index (χ3n) is 2.15. The summed E-state index contributed by atoms with van der Waals surface area (Å²) in [4.78, 5) is 15.1. The van der Waals surface area contributed by atoms with Crippen LogP contribution in [0.3, 0.4) is 0 Å². The highest BCUT2D eigenvalue weighted by atomic mass is 32.2. The molecule has 0 radical (unpaired) electrons. The number of nitrogens with one attached hydrogen (secondary N) is 1. The van der Waals surface area contributed by atoms with Crippen molar-refractivity contribution in [1.82, 2.24) is 15.0 Å². The van der Waals surface area contributed by atoms with E-state index >= 15 is 0 Å². The average Bonchev–Trinajstić information content (AvgIpc) is 2.41. The quantitative estimate of drug-likeness (QED) is 0.649. The normalized spacial score (nSPS) is 10.3. The van der Waals surface area contributed by atoms with Crippen LogP contribution in [0.2, 0.25) is 0 Å². The topological polar surface area (TPSA) is 80.0 Å². The Kier molecular flexibility index (Phi) is 4.13. The van der Waals surface area contributed by atoms with Gasteiger partial charge in [-0.2, -0.15) is 15.0 Å². The largest absolute Gasteiger partial charge is 0.347 e. The number of hydrogen-bond acceptors (Lipinski definition) is 7. The van der Waals surface area contributed by atoms with Crippen molar-refractivity contribution >= 4 is 23.7 Å². The van der Waals surface area contributed by atoms with Gasteiger partial charge in [0, 0.05) is 19.0 Å². The Labute approximate surface area is 114 Å². The average molecular weight is 280 g/mol. The summed E-state index contributed by atoms with van der Waals surface area (Å²) in [5.41, 5.74) is 2.40. The first-order valence-electron chi connectivity index (χ1n) is 5.42. The lowest BCUT2D eigenvalue weighted by molar-refractivity contribution is 0.626. The van der Waals surface area contributed by atoms with Gasteiger partial charge in [0.2, 0.25) is 11.9 Å². The molecule has 0 atom stereocenters. The number of nitrogens with zero attached hydrogens (tertiary/aromatic N) is 4. The molecule has 0 amide bonds. The summed E-state index contributed by atoms with van der Waals surface area (Å²) < 4.78 is 12.8. The molecule has 19 heavy (non-hydrogen) atoms.